The molecule has 0 saturated heterocycles. The van der Waals surface area contributed by atoms with Crippen LogP contribution < -0.4 is 4.74 Å². The van der Waals surface area contributed by atoms with Crippen LogP contribution in [0.25, 0.3) is 0 Å². The van der Waals surface area contributed by atoms with E-state index < -0.39 is 26.7 Å². The molecule has 0 N–H and O–H groups in total. The molecule has 0 aliphatic carbocycles. The molecule has 0 bridgehead atoms. The second-order valence-corrected chi connectivity index (χ2v) is 7.67. The van der Waals surface area contributed by atoms with E-state index >= 15 is 0 Å². The fourth-order valence-corrected chi connectivity index (χ4v) is 2.75. The van der Waals surface area contributed by atoms with Crippen LogP contribution in [0.2, 0.25) is 0 Å². The zero-order valence-electron chi connectivity index (χ0n) is 12.3. The van der Waals surface area contributed by atoms with Gasteiger partial charge in [0.1, 0.15) is 11.4 Å². The minimum atomic E-state index is -3.80. The molecule has 0 aromatic heterocycles. The van der Waals surface area contributed by atoms with E-state index in [0.29, 0.717) is 5.75 Å². The van der Waals surface area contributed by atoms with Gasteiger partial charge in [0.05, 0.1) is 12.0 Å². The number of rotatable bonds is 4. The van der Waals surface area contributed by atoms with Crippen LogP contribution in [0.15, 0.2) is 29.2 Å². The molecule has 0 radical (unpaired) electrons. The first kappa shape index (κ1) is 16.5. The first-order chi connectivity index (χ1) is 9.08. The summed E-state index contributed by atoms with van der Waals surface area (Å²) in [7, 11) is -2.35. The number of carbonyl (C=O) groups excluding carboxylic acids is 1. The molecule has 1 atom stereocenters. The molecule has 0 spiro atoms. The van der Waals surface area contributed by atoms with Gasteiger partial charge in [0.25, 0.3) is 0 Å². The molecule has 0 fully saturated rings. The quantitative estimate of drug-likeness (QED) is 0.797. The lowest BCUT2D eigenvalue weighted by atomic mass is 10.2. The predicted octanol–water partition coefficient (Wildman–Crippen LogP) is 2.20. The first-order valence-electron chi connectivity index (χ1n) is 6.19. The molecule has 1 aromatic carbocycles. The number of ether oxygens (including phenoxy) is 2. The van der Waals surface area contributed by atoms with Crippen LogP contribution in [0.4, 0.5) is 0 Å². The molecule has 1 rings (SSSR count). The Hall–Kier alpha value is -1.56. The van der Waals surface area contributed by atoms with Crippen molar-refractivity contribution in [1.82, 2.24) is 0 Å². The van der Waals surface area contributed by atoms with Gasteiger partial charge in [-0.1, -0.05) is 6.07 Å². The third-order valence-electron chi connectivity index (χ3n) is 2.57. The Morgan fingerprint density at radius 3 is 2.35 bits per heavy atom. The Kier molecular flexibility index (Phi) is 4.81. The highest BCUT2D eigenvalue weighted by atomic mass is 32.2. The molecule has 0 saturated carbocycles. The third-order valence-corrected chi connectivity index (χ3v) is 4.61. The molecule has 5 nitrogen and oxygen atoms in total. The molecule has 0 aliphatic rings. The molecule has 1 aromatic rings. The van der Waals surface area contributed by atoms with Crippen LogP contribution in [0.3, 0.4) is 0 Å². The minimum absolute atomic E-state index is 0.0372. The Balaban J connectivity index is 3.06. The van der Waals surface area contributed by atoms with Gasteiger partial charge >= 0.3 is 5.97 Å². The highest BCUT2D eigenvalue weighted by Gasteiger charge is 2.33. The van der Waals surface area contributed by atoms with Crippen molar-refractivity contribution >= 4 is 15.8 Å². The third kappa shape index (κ3) is 3.96. The molecular formula is C14H20O5S. The predicted molar refractivity (Wildman–Crippen MR) is 75.5 cm³/mol. The zero-order valence-corrected chi connectivity index (χ0v) is 13.2. The van der Waals surface area contributed by atoms with E-state index in [4.69, 9.17) is 9.47 Å². The maximum atomic E-state index is 12.4. The van der Waals surface area contributed by atoms with Crippen molar-refractivity contribution in [2.45, 2.75) is 43.4 Å². The lowest BCUT2D eigenvalue weighted by molar-refractivity contribution is -0.153. The van der Waals surface area contributed by atoms with Gasteiger partial charge in [0.15, 0.2) is 15.1 Å². The lowest BCUT2D eigenvalue weighted by Crippen LogP contribution is -2.35. The number of hydrogen-bond donors (Lipinski definition) is 0. The molecule has 20 heavy (non-hydrogen) atoms. The van der Waals surface area contributed by atoms with Gasteiger partial charge in [0.2, 0.25) is 0 Å². The van der Waals surface area contributed by atoms with Crippen molar-refractivity contribution in [3.63, 3.8) is 0 Å². The van der Waals surface area contributed by atoms with Gasteiger partial charge in [-0.15, -0.1) is 0 Å². The van der Waals surface area contributed by atoms with Crippen LogP contribution >= 0.6 is 0 Å². The molecule has 0 amide bonds. The maximum absolute atomic E-state index is 12.4. The summed E-state index contributed by atoms with van der Waals surface area (Å²) < 4.78 is 34.8. The number of carbonyl (C=O) groups is 1. The topological polar surface area (TPSA) is 69.7 Å². The van der Waals surface area contributed by atoms with Crippen LogP contribution in [0.5, 0.6) is 5.75 Å². The van der Waals surface area contributed by atoms with Crippen molar-refractivity contribution in [2.24, 2.45) is 0 Å². The standard InChI is InChI=1S/C14H20O5S/c1-10(13(15)19-14(2,3)4)20(16,17)12-8-6-7-11(9-12)18-5/h6-10H,1-5H3. The molecule has 6 heteroatoms. The highest BCUT2D eigenvalue weighted by Crippen LogP contribution is 2.22. The second kappa shape index (κ2) is 5.83. The van der Waals surface area contributed by atoms with Crippen molar-refractivity contribution in [2.75, 3.05) is 7.11 Å². The summed E-state index contributed by atoms with van der Waals surface area (Å²) in [6, 6.07) is 6.01. The highest BCUT2D eigenvalue weighted by molar-refractivity contribution is 7.92. The summed E-state index contributed by atoms with van der Waals surface area (Å²) in [5.41, 5.74) is -0.727. The Morgan fingerprint density at radius 1 is 1.25 bits per heavy atom. The summed E-state index contributed by atoms with van der Waals surface area (Å²) in [6.07, 6.45) is 0. The fraction of sp³-hybridized carbons (Fsp3) is 0.500. The Labute approximate surface area is 119 Å². The largest absolute Gasteiger partial charge is 0.497 e. The van der Waals surface area contributed by atoms with Gasteiger partial charge in [-0.3, -0.25) is 4.79 Å². The molecule has 112 valence electrons. The normalized spacial score (nSPS) is 13.7. The summed E-state index contributed by atoms with van der Waals surface area (Å²) in [5.74, 6) is -0.345. The van der Waals surface area contributed by atoms with E-state index in [1.165, 1.54) is 26.2 Å². The lowest BCUT2D eigenvalue weighted by Gasteiger charge is -2.22. The van der Waals surface area contributed by atoms with E-state index in [1.54, 1.807) is 32.9 Å². The number of sulfone groups is 1. The van der Waals surface area contributed by atoms with Gasteiger partial charge in [-0.05, 0) is 45.9 Å². The average Bonchev–Trinajstić information content (AvgIpc) is 2.35. The van der Waals surface area contributed by atoms with Gasteiger partial charge in [-0.2, -0.15) is 0 Å². The van der Waals surface area contributed by atoms with E-state index in [2.05, 4.69) is 0 Å². The van der Waals surface area contributed by atoms with E-state index in [-0.39, 0.29) is 4.90 Å². The van der Waals surface area contributed by atoms with Crippen molar-refractivity contribution in [1.29, 1.82) is 0 Å². The first-order valence-corrected chi connectivity index (χ1v) is 7.73. The number of benzene rings is 1. The monoisotopic (exact) mass is 300 g/mol. The number of esters is 1. The minimum Gasteiger partial charge on any atom is -0.497 e. The molecule has 1 unspecified atom stereocenters. The van der Waals surface area contributed by atoms with Gasteiger partial charge in [0, 0.05) is 0 Å². The van der Waals surface area contributed by atoms with Crippen molar-refractivity contribution in [3.8, 4) is 5.75 Å². The van der Waals surface area contributed by atoms with Crippen LogP contribution in [-0.2, 0) is 19.4 Å². The van der Waals surface area contributed by atoms with Gasteiger partial charge < -0.3 is 9.47 Å². The number of methoxy groups -OCH3 is 1. The SMILES string of the molecule is COc1cccc(S(=O)(=O)C(C)C(=O)OC(C)(C)C)c1. The van der Waals surface area contributed by atoms with E-state index in [1.807, 2.05) is 0 Å². The van der Waals surface area contributed by atoms with E-state index in [0.717, 1.165) is 0 Å². The Bertz CT molecular complexity index is 584. The molecule has 0 heterocycles. The summed E-state index contributed by atoms with van der Waals surface area (Å²) in [6.45, 7) is 6.39. The summed E-state index contributed by atoms with van der Waals surface area (Å²) >= 11 is 0. The Morgan fingerprint density at radius 2 is 1.85 bits per heavy atom. The second-order valence-electron chi connectivity index (χ2n) is 5.40. The van der Waals surface area contributed by atoms with E-state index in [9.17, 15) is 13.2 Å². The zero-order chi connectivity index (χ0) is 15.6. The molecular weight excluding hydrogens is 280 g/mol. The molecule has 0 aliphatic heterocycles. The fourth-order valence-electron chi connectivity index (χ4n) is 1.49. The van der Waals surface area contributed by atoms with Crippen LogP contribution in [0.1, 0.15) is 27.7 Å². The smallest absolute Gasteiger partial charge is 0.324 e. The average molecular weight is 300 g/mol. The maximum Gasteiger partial charge on any atom is 0.324 e. The van der Waals surface area contributed by atoms with Crippen LogP contribution in [-0.4, -0.2) is 32.3 Å². The van der Waals surface area contributed by atoms with Crippen molar-refractivity contribution < 1.29 is 22.7 Å². The number of hydrogen-bond acceptors (Lipinski definition) is 5. The summed E-state index contributed by atoms with van der Waals surface area (Å²) in [4.78, 5) is 11.9. The van der Waals surface area contributed by atoms with Gasteiger partial charge in [-0.25, -0.2) is 8.42 Å². The summed E-state index contributed by atoms with van der Waals surface area (Å²) in [5, 5.41) is -1.27. The van der Waals surface area contributed by atoms with Crippen molar-refractivity contribution in [3.05, 3.63) is 24.3 Å². The van der Waals surface area contributed by atoms with Crippen LogP contribution in [0, 0.1) is 0 Å².